The Labute approximate surface area is 162 Å². The van der Waals surface area contributed by atoms with Gasteiger partial charge in [-0.3, -0.25) is 9.10 Å². The highest BCUT2D eigenvalue weighted by Gasteiger charge is 2.33. The second-order valence-corrected chi connectivity index (χ2v) is 8.33. The predicted octanol–water partition coefficient (Wildman–Crippen LogP) is 2.93. The van der Waals surface area contributed by atoms with E-state index in [0.717, 1.165) is 44.5 Å². The highest BCUT2D eigenvalue weighted by Crippen LogP contribution is 2.27. The normalized spacial score (nSPS) is 20.9. The van der Waals surface area contributed by atoms with Gasteiger partial charge in [0.05, 0.1) is 10.5 Å². The Morgan fingerprint density at radius 3 is 2.81 bits per heavy atom. The van der Waals surface area contributed by atoms with Crippen molar-refractivity contribution in [1.82, 2.24) is 9.62 Å². The van der Waals surface area contributed by atoms with Crippen molar-refractivity contribution in [3.05, 3.63) is 59.7 Å². The fraction of sp³-hybridized carbons (Fsp3) is 0.381. The van der Waals surface area contributed by atoms with E-state index in [1.807, 2.05) is 24.3 Å². The average Bonchev–Trinajstić information content (AvgIpc) is 2.95. The molecule has 0 aliphatic carbocycles. The maximum Gasteiger partial charge on any atom is 0.267 e. The molecule has 2 unspecified atom stereocenters. The van der Waals surface area contributed by atoms with Crippen molar-refractivity contribution in [2.45, 2.75) is 36.7 Å². The first-order valence-electron chi connectivity index (χ1n) is 9.52. The number of unbranched alkanes of at least 4 members (excludes halogenated alkanes) is 1. The lowest BCUT2D eigenvalue weighted by Gasteiger charge is -2.26. The number of nitrogens with zero attached hydrogens (tertiary/aromatic N) is 1. The van der Waals surface area contributed by atoms with E-state index in [0.29, 0.717) is 17.0 Å². The largest absolute Gasteiger partial charge is 0.489 e. The van der Waals surface area contributed by atoms with Crippen molar-refractivity contribution < 1.29 is 13.7 Å². The molecule has 5 nitrogen and oxygen atoms in total. The van der Waals surface area contributed by atoms with E-state index in [4.69, 9.17) is 4.74 Å². The van der Waals surface area contributed by atoms with Crippen molar-refractivity contribution in [1.29, 1.82) is 0 Å². The van der Waals surface area contributed by atoms with Gasteiger partial charge in [0.25, 0.3) is 5.91 Å². The molecule has 0 saturated carbocycles. The topological polar surface area (TPSA) is 58.6 Å². The quantitative estimate of drug-likeness (QED) is 0.746. The van der Waals surface area contributed by atoms with Crippen LogP contribution in [0.2, 0.25) is 0 Å². The van der Waals surface area contributed by atoms with Crippen LogP contribution in [-0.2, 0) is 17.4 Å². The Kier molecular flexibility index (Phi) is 5.55. The zero-order chi connectivity index (χ0) is 18.6. The average molecular weight is 385 g/mol. The molecule has 0 spiro atoms. The van der Waals surface area contributed by atoms with Crippen molar-refractivity contribution in [2.24, 2.45) is 0 Å². The molecule has 2 aromatic rings. The van der Waals surface area contributed by atoms with E-state index in [-0.39, 0.29) is 12.0 Å². The third-order valence-electron chi connectivity index (χ3n) is 5.07. The number of benzene rings is 2. The lowest BCUT2D eigenvalue weighted by molar-refractivity contribution is 0.0873. The zero-order valence-corrected chi connectivity index (χ0v) is 16.0. The van der Waals surface area contributed by atoms with Crippen LogP contribution in [0.25, 0.3) is 0 Å². The summed E-state index contributed by atoms with van der Waals surface area (Å²) in [5.74, 6) is 0.885. The van der Waals surface area contributed by atoms with Crippen LogP contribution in [0.5, 0.6) is 5.75 Å². The molecule has 2 heterocycles. The highest BCUT2D eigenvalue weighted by atomic mass is 32.2. The number of hydrogen-bond acceptors (Lipinski definition) is 4. The summed E-state index contributed by atoms with van der Waals surface area (Å²) in [7, 11) is -1.35. The lowest BCUT2D eigenvalue weighted by atomic mass is 10.0. The van der Waals surface area contributed by atoms with Gasteiger partial charge in [0.1, 0.15) is 11.9 Å². The van der Waals surface area contributed by atoms with Crippen LogP contribution >= 0.6 is 0 Å². The number of carbonyl (C=O) groups excluding carboxylic acids is 1. The molecule has 6 heteroatoms. The molecule has 142 valence electrons. The first kappa shape index (κ1) is 18.2. The smallest absolute Gasteiger partial charge is 0.267 e. The van der Waals surface area contributed by atoms with Gasteiger partial charge in [-0.2, -0.15) is 0 Å². The summed E-state index contributed by atoms with van der Waals surface area (Å²) < 4.78 is 19.9. The van der Waals surface area contributed by atoms with Crippen LogP contribution in [0, 0.1) is 0 Å². The van der Waals surface area contributed by atoms with Gasteiger partial charge < -0.3 is 10.1 Å². The van der Waals surface area contributed by atoms with E-state index >= 15 is 0 Å². The molecular weight excluding hydrogens is 360 g/mol. The van der Waals surface area contributed by atoms with Crippen molar-refractivity contribution in [2.75, 3.05) is 19.6 Å². The Hall–Kier alpha value is -2.18. The van der Waals surface area contributed by atoms with Crippen molar-refractivity contribution in [3.63, 3.8) is 0 Å². The molecule has 4 rings (SSSR count). The fourth-order valence-corrected chi connectivity index (χ4v) is 4.92. The Bertz CT molecular complexity index is 820. The third kappa shape index (κ3) is 3.92. The van der Waals surface area contributed by atoms with Crippen molar-refractivity contribution >= 4 is 16.9 Å². The minimum atomic E-state index is -1.35. The molecule has 0 aromatic heterocycles. The van der Waals surface area contributed by atoms with Gasteiger partial charge in [-0.1, -0.05) is 30.3 Å². The van der Waals surface area contributed by atoms with Crippen LogP contribution in [-0.4, -0.2) is 40.2 Å². The first-order chi connectivity index (χ1) is 13.2. The molecule has 2 aliphatic heterocycles. The Balaban J connectivity index is 1.16. The molecule has 0 radical (unpaired) electrons. The monoisotopic (exact) mass is 384 g/mol. The molecule has 2 aliphatic rings. The van der Waals surface area contributed by atoms with Gasteiger partial charge in [-0.25, -0.2) is 4.21 Å². The van der Waals surface area contributed by atoms with Gasteiger partial charge in [-0.05, 0) is 56.0 Å². The summed E-state index contributed by atoms with van der Waals surface area (Å²) in [4.78, 5) is 13.0. The number of para-hydroxylation sites is 1. The van der Waals surface area contributed by atoms with Crippen LogP contribution < -0.4 is 10.1 Å². The maximum absolute atomic E-state index is 12.4. The van der Waals surface area contributed by atoms with Crippen LogP contribution in [0.3, 0.4) is 0 Å². The summed E-state index contributed by atoms with van der Waals surface area (Å²) in [6.45, 7) is 2.21. The zero-order valence-electron chi connectivity index (χ0n) is 15.2. The molecule has 0 bridgehead atoms. The van der Waals surface area contributed by atoms with E-state index in [1.165, 1.54) is 9.87 Å². The van der Waals surface area contributed by atoms with Gasteiger partial charge in [-0.15, -0.1) is 0 Å². The van der Waals surface area contributed by atoms with Crippen LogP contribution in [0.4, 0.5) is 0 Å². The summed E-state index contributed by atoms with van der Waals surface area (Å²) in [6, 6.07) is 15.4. The second kappa shape index (κ2) is 8.23. The molecular formula is C21H24N2O3S. The predicted molar refractivity (Wildman–Crippen MR) is 105 cm³/mol. The summed E-state index contributed by atoms with van der Waals surface area (Å²) >= 11 is 0. The molecule has 0 fully saturated rings. The highest BCUT2D eigenvalue weighted by molar-refractivity contribution is 7.84. The van der Waals surface area contributed by atoms with E-state index in [9.17, 15) is 9.00 Å². The minimum absolute atomic E-state index is 0.119. The Morgan fingerprint density at radius 2 is 1.93 bits per heavy atom. The third-order valence-corrected chi connectivity index (χ3v) is 6.55. The number of rotatable bonds is 7. The number of aryl methyl sites for hydroxylation is 1. The van der Waals surface area contributed by atoms with Gasteiger partial charge in [0.2, 0.25) is 0 Å². The summed E-state index contributed by atoms with van der Waals surface area (Å²) in [6.07, 6.45) is 4.06. The standard InChI is InChI=1S/C21H24N2O3S/c24-21-18-8-2-4-10-20(18)27(25)23(21)14-6-5-13-22-15-17-12-11-16-7-1-3-9-19(16)26-17/h1-4,7-10,17,22H,5-6,11-15H2. The summed E-state index contributed by atoms with van der Waals surface area (Å²) in [5.41, 5.74) is 1.86. The van der Waals surface area contributed by atoms with E-state index in [2.05, 4.69) is 17.4 Å². The molecule has 27 heavy (non-hydrogen) atoms. The van der Waals surface area contributed by atoms with Gasteiger partial charge in [0.15, 0.2) is 11.0 Å². The SMILES string of the molecule is O=C1c2ccccc2S(=O)N1CCCCNCC1CCc2ccccc2O1. The number of nitrogens with one attached hydrogen (secondary N) is 1. The second-order valence-electron chi connectivity index (χ2n) is 6.95. The van der Waals surface area contributed by atoms with Crippen LogP contribution in [0.15, 0.2) is 53.4 Å². The van der Waals surface area contributed by atoms with Gasteiger partial charge >= 0.3 is 0 Å². The van der Waals surface area contributed by atoms with Crippen molar-refractivity contribution in [3.8, 4) is 5.75 Å². The van der Waals surface area contributed by atoms with Gasteiger partial charge in [0, 0.05) is 13.1 Å². The number of ether oxygens (including phenoxy) is 1. The molecule has 0 saturated heterocycles. The van der Waals surface area contributed by atoms with Crippen LogP contribution in [0.1, 0.15) is 35.2 Å². The fourth-order valence-electron chi connectivity index (χ4n) is 3.60. The number of fused-ring (bicyclic) bond motifs is 2. The molecule has 2 aromatic carbocycles. The number of hydrogen-bond donors (Lipinski definition) is 1. The van der Waals surface area contributed by atoms with E-state index < -0.39 is 11.0 Å². The molecule has 1 amide bonds. The number of carbonyl (C=O) groups is 1. The Morgan fingerprint density at radius 1 is 1.11 bits per heavy atom. The molecule has 2 atom stereocenters. The lowest BCUT2D eigenvalue weighted by Crippen LogP contribution is -2.35. The minimum Gasteiger partial charge on any atom is -0.489 e. The summed E-state index contributed by atoms with van der Waals surface area (Å²) in [5, 5.41) is 3.45. The molecule has 1 N–H and O–H groups in total. The first-order valence-corrected chi connectivity index (χ1v) is 10.6. The number of amides is 1. The maximum atomic E-state index is 12.4. The van der Waals surface area contributed by atoms with E-state index in [1.54, 1.807) is 12.1 Å².